The van der Waals surface area contributed by atoms with E-state index >= 15 is 0 Å². The number of hydrogen-bond donors (Lipinski definition) is 1. The number of nitrogens with zero attached hydrogens (tertiary/aromatic N) is 1. The first-order chi connectivity index (χ1) is 16.9. The molecule has 0 saturated carbocycles. The van der Waals surface area contributed by atoms with Gasteiger partial charge in [0.2, 0.25) is 5.78 Å². The number of Topliss-reactive ketones (excluding diaryl/α,β-unsaturated/α-hetero) is 1. The number of amides is 1. The molecular formula is C27H25BrN2O4S. The second-order valence-electron chi connectivity index (χ2n) is 8.13. The van der Waals surface area contributed by atoms with E-state index in [0.717, 1.165) is 17.1 Å². The van der Waals surface area contributed by atoms with Crippen molar-refractivity contribution in [3.05, 3.63) is 106 Å². The summed E-state index contributed by atoms with van der Waals surface area (Å²) in [6.07, 6.45) is 2.27. The largest absolute Gasteiger partial charge is 0.319 e. The molecule has 0 radical (unpaired) electrons. The van der Waals surface area contributed by atoms with E-state index in [4.69, 9.17) is 0 Å². The molecule has 1 N–H and O–H groups in total. The molecule has 0 spiro atoms. The minimum absolute atomic E-state index is 0.0496. The van der Waals surface area contributed by atoms with E-state index in [2.05, 4.69) is 21.2 Å². The third-order valence-corrected chi connectivity index (χ3v) is 8.33. The zero-order valence-corrected chi connectivity index (χ0v) is 21.6. The maximum atomic E-state index is 13.8. The van der Waals surface area contributed by atoms with Gasteiger partial charge in [-0.1, -0.05) is 80.4 Å². The molecule has 1 aliphatic heterocycles. The molecule has 8 heteroatoms. The third kappa shape index (κ3) is 4.94. The number of nitrogens with one attached hydrogen (secondary N) is 1. The first-order valence-corrected chi connectivity index (χ1v) is 13.6. The fraction of sp³-hybridized carbons (Fsp3) is 0.185. The Kier molecular flexibility index (Phi) is 7.52. The van der Waals surface area contributed by atoms with Gasteiger partial charge in [0.05, 0.1) is 16.2 Å². The van der Waals surface area contributed by atoms with Crippen LogP contribution in [0.5, 0.6) is 0 Å². The van der Waals surface area contributed by atoms with Gasteiger partial charge in [0.15, 0.2) is 0 Å². The second kappa shape index (κ2) is 10.6. The molecule has 0 atom stereocenters. The summed E-state index contributed by atoms with van der Waals surface area (Å²) in [6.45, 7) is 2.15. The van der Waals surface area contributed by atoms with Gasteiger partial charge in [-0.05, 0) is 40.5 Å². The fourth-order valence-corrected chi connectivity index (χ4v) is 6.22. The number of ketones is 1. The van der Waals surface area contributed by atoms with Crippen LogP contribution in [-0.4, -0.2) is 31.0 Å². The SMILES string of the molecule is CCCCCN1C(C(=O)c2ccccc2)=C(NC(=O)c2ccccc2Br)c2ccccc2S1(=O)=O. The summed E-state index contributed by atoms with van der Waals surface area (Å²) in [7, 11) is -4.01. The van der Waals surface area contributed by atoms with Gasteiger partial charge in [0.1, 0.15) is 5.70 Å². The summed E-state index contributed by atoms with van der Waals surface area (Å²) < 4.78 is 29.2. The number of rotatable bonds is 8. The summed E-state index contributed by atoms with van der Waals surface area (Å²) in [4.78, 5) is 27.2. The van der Waals surface area contributed by atoms with E-state index in [1.165, 1.54) is 6.07 Å². The molecule has 0 fully saturated rings. The summed E-state index contributed by atoms with van der Waals surface area (Å²) in [5.41, 5.74) is 1.13. The van der Waals surface area contributed by atoms with Crippen LogP contribution >= 0.6 is 15.9 Å². The van der Waals surface area contributed by atoms with Crippen molar-refractivity contribution in [2.45, 2.75) is 31.1 Å². The first-order valence-electron chi connectivity index (χ1n) is 11.4. The van der Waals surface area contributed by atoms with Crippen molar-refractivity contribution in [1.29, 1.82) is 0 Å². The summed E-state index contributed by atoms with van der Waals surface area (Å²) >= 11 is 3.40. The Morgan fingerprint density at radius 3 is 2.26 bits per heavy atom. The van der Waals surface area contributed by atoms with Gasteiger partial charge in [-0.2, -0.15) is 0 Å². The van der Waals surface area contributed by atoms with Gasteiger partial charge in [0.25, 0.3) is 15.9 Å². The van der Waals surface area contributed by atoms with Crippen LogP contribution < -0.4 is 5.32 Å². The van der Waals surface area contributed by atoms with E-state index in [1.807, 2.05) is 6.92 Å². The van der Waals surface area contributed by atoms with Crippen molar-refractivity contribution in [1.82, 2.24) is 9.62 Å². The van der Waals surface area contributed by atoms with Gasteiger partial charge < -0.3 is 5.32 Å². The predicted octanol–water partition coefficient (Wildman–Crippen LogP) is 5.63. The maximum absolute atomic E-state index is 13.8. The smallest absolute Gasteiger partial charge is 0.265 e. The molecule has 1 amide bonds. The predicted molar refractivity (Wildman–Crippen MR) is 139 cm³/mol. The van der Waals surface area contributed by atoms with Gasteiger partial charge in [-0.15, -0.1) is 0 Å². The lowest BCUT2D eigenvalue weighted by Gasteiger charge is -2.34. The van der Waals surface area contributed by atoms with Crippen molar-refractivity contribution in [3.8, 4) is 0 Å². The van der Waals surface area contributed by atoms with Crippen molar-refractivity contribution in [2.75, 3.05) is 6.54 Å². The number of carbonyl (C=O) groups is 2. The molecule has 0 unspecified atom stereocenters. The van der Waals surface area contributed by atoms with Crippen LogP contribution in [0.15, 0.2) is 93.9 Å². The highest BCUT2D eigenvalue weighted by atomic mass is 79.9. The zero-order chi connectivity index (χ0) is 25.0. The van der Waals surface area contributed by atoms with Crippen molar-refractivity contribution < 1.29 is 18.0 Å². The Labute approximate surface area is 213 Å². The van der Waals surface area contributed by atoms with Crippen molar-refractivity contribution in [3.63, 3.8) is 0 Å². The summed E-state index contributed by atoms with van der Waals surface area (Å²) in [5.74, 6) is -0.920. The molecule has 4 rings (SSSR count). The molecule has 0 aliphatic carbocycles. The molecular weight excluding hydrogens is 528 g/mol. The van der Waals surface area contributed by atoms with Gasteiger partial charge in [-0.3, -0.25) is 13.9 Å². The number of allylic oxidation sites excluding steroid dienone is 1. The van der Waals surface area contributed by atoms with Crippen LogP contribution in [0, 0.1) is 0 Å². The Morgan fingerprint density at radius 2 is 1.54 bits per heavy atom. The number of sulfonamides is 1. The van der Waals surface area contributed by atoms with E-state index in [-0.39, 0.29) is 22.8 Å². The Balaban J connectivity index is 1.94. The fourth-order valence-electron chi connectivity index (χ4n) is 4.03. The quantitative estimate of drug-likeness (QED) is 0.290. The van der Waals surface area contributed by atoms with Crippen LogP contribution in [0.25, 0.3) is 5.70 Å². The molecule has 3 aromatic rings. The van der Waals surface area contributed by atoms with Crippen molar-refractivity contribution in [2.24, 2.45) is 0 Å². The number of unbranched alkanes of at least 4 members (excludes halogenated alkanes) is 2. The van der Waals surface area contributed by atoms with Crippen LogP contribution in [0.2, 0.25) is 0 Å². The Hall–Kier alpha value is -3.23. The Morgan fingerprint density at radius 1 is 0.886 bits per heavy atom. The highest BCUT2D eigenvalue weighted by molar-refractivity contribution is 9.10. The molecule has 0 saturated heterocycles. The van der Waals surface area contributed by atoms with Crippen LogP contribution in [0.1, 0.15) is 52.5 Å². The van der Waals surface area contributed by atoms with Crippen LogP contribution in [0.4, 0.5) is 0 Å². The molecule has 3 aromatic carbocycles. The van der Waals surface area contributed by atoms with E-state index in [0.29, 0.717) is 27.6 Å². The minimum Gasteiger partial charge on any atom is -0.319 e. The number of benzene rings is 3. The number of hydrogen-bond acceptors (Lipinski definition) is 4. The van der Waals surface area contributed by atoms with Gasteiger partial charge >= 0.3 is 0 Å². The highest BCUT2D eigenvalue weighted by Crippen LogP contribution is 2.37. The lowest BCUT2D eigenvalue weighted by molar-refractivity contribution is 0.0971. The number of halogens is 1. The van der Waals surface area contributed by atoms with E-state index in [1.54, 1.807) is 72.8 Å². The second-order valence-corrected chi connectivity index (χ2v) is 10.8. The average molecular weight is 553 g/mol. The molecule has 180 valence electrons. The van der Waals surface area contributed by atoms with E-state index < -0.39 is 21.7 Å². The van der Waals surface area contributed by atoms with E-state index in [9.17, 15) is 18.0 Å². The minimum atomic E-state index is -4.01. The Bertz CT molecular complexity index is 1400. The molecule has 0 aromatic heterocycles. The standard InChI is InChI=1S/C27H25BrN2O4S/c1-2-3-11-18-30-25(26(31)19-12-5-4-6-13-19)24(21-15-8-10-17-23(21)35(30,33)34)29-27(32)20-14-7-9-16-22(20)28/h4-10,12-17H,2-3,11,18H2,1H3,(H,29,32). The van der Waals surface area contributed by atoms with Gasteiger partial charge in [0, 0.05) is 22.1 Å². The molecule has 1 heterocycles. The molecule has 35 heavy (non-hydrogen) atoms. The van der Waals surface area contributed by atoms with Gasteiger partial charge in [-0.25, -0.2) is 8.42 Å². The summed E-state index contributed by atoms with van der Waals surface area (Å²) in [6, 6.07) is 21.9. The lowest BCUT2D eigenvalue weighted by Crippen LogP contribution is -2.41. The highest BCUT2D eigenvalue weighted by Gasteiger charge is 2.40. The lowest BCUT2D eigenvalue weighted by atomic mass is 10.0. The normalized spacial score (nSPS) is 14.4. The molecule has 0 bridgehead atoms. The maximum Gasteiger partial charge on any atom is 0.265 e. The zero-order valence-electron chi connectivity index (χ0n) is 19.2. The van der Waals surface area contributed by atoms with Crippen LogP contribution in [-0.2, 0) is 10.0 Å². The van der Waals surface area contributed by atoms with Crippen LogP contribution in [0.3, 0.4) is 0 Å². The summed E-state index contributed by atoms with van der Waals surface area (Å²) in [5, 5.41) is 2.87. The third-order valence-electron chi connectivity index (χ3n) is 5.78. The number of fused-ring (bicyclic) bond motifs is 1. The average Bonchev–Trinajstić information content (AvgIpc) is 2.87. The molecule has 1 aliphatic rings. The first kappa shape index (κ1) is 24.9. The van der Waals surface area contributed by atoms with Crippen molar-refractivity contribution >= 4 is 43.3 Å². The topological polar surface area (TPSA) is 83.6 Å². The molecule has 6 nitrogen and oxygen atoms in total. The monoisotopic (exact) mass is 552 g/mol. The number of carbonyl (C=O) groups excluding carboxylic acids is 2.